The molecule has 0 aromatic carbocycles. The molecule has 1 fully saturated rings. The highest BCUT2D eigenvalue weighted by Crippen LogP contribution is 2.30. The van der Waals surface area contributed by atoms with Crippen molar-refractivity contribution < 1.29 is 9.90 Å². The molecule has 2 N–H and O–H groups in total. The first-order valence-electron chi connectivity index (χ1n) is 7.19. The minimum absolute atomic E-state index is 0.0932. The van der Waals surface area contributed by atoms with Gasteiger partial charge >= 0.3 is 5.97 Å². The Balaban J connectivity index is 1.85. The molecular formula is C15H21ClN2O2. The molecule has 0 amide bonds. The summed E-state index contributed by atoms with van der Waals surface area (Å²) < 4.78 is 0. The van der Waals surface area contributed by atoms with Crippen molar-refractivity contribution in [2.24, 2.45) is 11.8 Å². The normalized spacial score (nSPS) is 22.5. The number of carboxylic acid groups (broad SMARTS) is 1. The van der Waals surface area contributed by atoms with Gasteiger partial charge in [-0.2, -0.15) is 0 Å². The van der Waals surface area contributed by atoms with E-state index in [-0.39, 0.29) is 10.6 Å². The predicted octanol–water partition coefficient (Wildman–Crippen LogP) is 4.06. The minimum atomic E-state index is -1.03. The number of carboxylic acids is 1. The topological polar surface area (TPSA) is 62.2 Å². The monoisotopic (exact) mass is 296 g/mol. The average molecular weight is 297 g/mol. The summed E-state index contributed by atoms with van der Waals surface area (Å²) in [7, 11) is 0. The van der Waals surface area contributed by atoms with Gasteiger partial charge in [-0.25, -0.2) is 9.78 Å². The van der Waals surface area contributed by atoms with Crippen LogP contribution in [0.5, 0.6) is 0 Å². The molecular weight excluding hydrogens is 276 g/mol. The number of carbonyl (C=O) groups is 1. The van der Waals surface area contributed by atoms with Gasteiger partial charge in [0.05, 0.1) is 10.6 Å². The van der Waals surface area contributed by atoms with Crippen molar-refractivity contribution in [1.82, 2.24) is 4.98 Å². The molecule has 5 heteroatoms. The molecule has 0 radical (unpaired) electrons. The SMILES string of the molecule is CC1CCC(CCNc2nccc(C(=O)O)c2Cl)CC1. The summed E-state index contributed by atoms with van der Waals surface area (Å²) in [6, 6.07) is 1.42. The molecule has 0 unspecified atom stereocenters. The summed E-state index contributed by atoms with van der Waals surface area (Å²) in [5.74, 6) is 1.07. The third-order valence-corrected chi connectivity index (χ3v) is 4.48. The number of aromatic nitrogens is 1. The largest absolute Gasteiger partial charge is 0.478 e. The number of aromatic carboxylic acids is 1. The smallest absolute Gasteiger partial charge is 0.337 e. The van der Waals surface area contributed by atoms with Gasteiger partial charge in [0.25, 0.3) is 0 Å². The Kier molecular flexibility index (Phi) is 5.24. The van der Waals surface area contributed by atoms with E-state index in [1.165, 1.54) is 37.9 Å². The maximum atomic E-state index is 11.0. The van der Waals surface area contributed by atoms with Crippen molar-refractivity contribution in [3.63, 3.8) is 0 Å². The van der Waals surface area contributed by atoms with Crippen LogP contribution < -0.4 is 5.32 Å². The predicted molar refractivity (Wildman–Crippen MR) is 80.4 cm³/mol. The molecule has 1 aromatic rings. The molecule has 4 nitrogen and oxygen atoms in total. The Morgan fingerprint density at radius 1 is 1.45 bits per heavy atom. The van der Waals surface area contributed by atoms with E-state index in [9.17, 15) is 4.79 Å². The highest BCUT2D eigenvalue weighted by molar-refractivity contribution is 6.35. The quantitative estimate of drug-likeness (QED) is 0.860. The van der Waals surface area contributed by atoms with Gasteiger partial charge in [-0.1, -0.05) is 44.2 Å². The van der Waals surface area contributed by atoms with Crippen molar-refractivity contribution in [3.8, 4) is 0 Å². The Bertz CT molecular complexity index is 471. The third-order valence-electron chi connectivity index (χ3n) is 4.10. The number of rotatable bonds is 5. The molecule has 0 atom stereocenters. The number of hydrogen-bond donors (Lipinski definition) is 2. The van der Waals surface area contributed by atoms with E-state index in [0.29, 0.717) is 5.82 Å². The number of nitrogens with one attached hydrogen (secondary N) is 1. The standard InChI is InChI=1S/C15H21ClN2O2/c1-10-2-4-11(5-3-10)6-8-17-14-13(16)12(15(19)20)7-9-18-14/h7,9-11H,2-6,8H2,1H3,(H,17,18)(H,19,20). The van der Waals surface area contributed by atoms with Gasteiger partial charge in [-0.05, 0) is 24.3 Å². The van der Waals surface area contributed by atoms with Crippen molar-refractivity contribution in [2.45, 2.75) is 39.0 Å². The summed E-state index contributed by atoms with van der Waals surface area (Å²) >= 11 is 6.04. The lowest BCUT2D eigenvalue weighted by Gasteiger charge is -2.26. The zero-order valence-corrected chi connectivity index (χ0v) is 12.5. The van der Waals surface area contributed by atoms with Crippen LogP contribution in [0, 0.1) is 11.8 Å². The van der Waals surface area contributed by atoms with Crippen LogP contribution in [0.2, 0.25) is 5.02 Å². The van der Waals surface area contributed by atoms with Crippen molar-refractivity contribution in [2.75, 3.05) is 11.9 Å². The highest BCUT2D eigenvalue weighted by atomic mass is 35.5. The minimum Gasteiger partial charge on any atom is -0.478 e. The van der Waals surface area contributed by atoms with E-state index < -0.39 is 5.97 Å². The second-order valence-corrected chi connectivity index (χ2v) is 6.05. The van der Waals surface area contributed by atoms with Crippen LogP contribution in [-0.4, -0.2) is 22.6 Å². The molecule has 0 aliphatic heterocycles. The van der Waals surface area contributed by atoms with Crippen LogP contribution in [-0.2, 0) is 0 Å². The van der Waals surface area contributed by atoms with E-state index in [2.05, 4.69) is 17.2 Å². The van der Waals surface area contributed by atoms with Crippen LogP contribution in [0.25, 0.3) is 0 Å². The van der Waals surface area contributed by atoms with Crippen molar-refractivity contribution in [3.05, 3.63) is 22.8 Å². The number of halogens is 1. The molecule has 1 saturated carbocycles. The van der Waals surface area contributed by atoms with Crippen LogP contribution in [0.15, 0.2) is 12.3 Å². The van der Waals surface area contributed by atoms with Crippen molar-refractivity contribution in [1.29, 1.82) is 0 Å². The molecule has 0 spiro atoms. The van der Waals surface area contributed by atoms with E-state index in [0.717, 1.165) is 24.8 Å². The molecule has 0 bridgehead atoms. The number of nitrogens with zero attached hydrogens (tertiary/aromatic N) is 1. The van der Waals surface area contributed by atoms with E-state index in [4.69, 9.17) is 16.7 Å². The summed E-state index contributed by atoms with van der Waals surface area (Å²) in [5, 5.41) is 12.4. The molecule has 1 aromatic heterocycles. The van der Waals surface area contributed by atoms with Crippen LogP contribution in [0.1, 0.15) is 49.4 Å². The maximum Gasteiger partial charge on any atom is 0.337 e. The molecule has 0 saturated heterocycles. The zero-order valence-electron chi connectivity index (χ0n) is 11.7. The first-order chi connectivity index (χ1) is 9.58. The van der Waals surface area contributed by atoms with Gasteiger partial charge < -0.3 is 10.4 Å². The molecule has 2 rings (SSSR count). The van der Waals surface area contributed by atoms with Gasteiger partial charge in [-0.15, -0.1) is 0 Å². The first-order valence-corrected chi connectivity index (χ1v) is 7.57. The fraction of sp³-hybridized carbons (Fsp3) is 0.600. The fourth-order valence-corrected chi connectivity index (χ4v) is 3.00. The van der Waals surface area contributed by atoms with Gasteiger partial charge in [0.1, 0.15) is 5.82 Å². The van der Waals surface area contributed by atoms with Crippen LogP contribution in [0.4, 0.5) is 5.82 Å². The highest BCUT2D eigenvalue weighted by Gasteiger charge is 2.18. The molecule has 20 heavy (non-hydrogen) atoms. The van der Waals surface area contributed by atoms with Gasteiger partial charge in [-0.3, -0.25) is 0 Å². The second kappa shape index (κ2) is 6.93. The Hall–Kier alpha value is -1.29. The van der Waals surface area contributed by atoms with E-state index in [1.807, 2.05) is 0 Å². The number of pyridine rings is 1. The number of hydrogen-bond acceptors (Lipinski definition) is 3. The van der Waals surface area contributed by atoms with Crippen LogP contribution >= 0.6 is 11.6 Å². The summed E-state index contributed by atoms with van der Waals surface area (Å²) in [5.41, 5.74) is 0.0932. The first kappa shape index (κ1) is 15.1. The number of anilines is 1. The third kappa shape index (κ3) is 3.85. The van der Waals surface area contributed by atoms with Gasteiger partial charge in [0.15, 0.2) is 0 Å². The Morgan fingerprint density at radius 3 is 2.80 bits per heavy atom. The summed E-state index contributed by atoms with van der Waals surface area (Å²) in [6.45, 7) is 3.10. The summed E-state index contributed by atoms with van der Waals surface area (Å²) in [4.78, 5) is 15.1. The lowest BCUT2D eigenvalue weighted by atomic mass is 9.81. The molecule has 110 valence electrons. The lowest BCUT2D eigenvalue weighted by molar-refractivity contribution is 0.0697. The summed E-state index contributed by atoms with van der Waals surface area (Å²) in [6.07, 6.45) is 7.77. The Morgan fingerprint density at radius 2 is 2.15 bits per heavy atom. The molecule has 1 heterocycles. The zero-order chi connectivity index (χ0) is 14.5. The van der Waals surface area contributed by atoms with E-state index in [1.54, 1.807) is 0 Å². The fourth-order valence-electron chi connectivity index (χ4n) is 2.74. The van der Waals surface area contributed by atoms with Crippen LogP contribution in [0.3, 0.4) is 0 Å². The maximum absolute atomic E-state index is 11.0. The van der Waals surface area contributed by atoms with E-state index >= 15 is 0 Å². The molecule has 1 aliphatic rings. The molecule has 1 aliphatic carbocycles. The van der Waals surface area contributed by atoms with Crippen molar-refractivity contribution >= 4 is 23.4 Å². The lowest BCUT2D eigenvalue weighted by Crippen LogP contribution is -2.16. The van der Waals surface area contributed by atoms with Gasteiger partial charge in [0.2, 0.25) is 0 Å². The second-order valence-electron chi connectivity index (χ2n) is 5.67. The average Bonchev–Trinajstić information content (AvgIpc) is 2.42. The Labute approximate surface area is 124 Å². The van der Waals surface area contributed by atoms with Gasteiger partial charge in [0, 0.05) is 12.7 Å².